The molecule has 2 aromatic carbocycles. The second kappa shape index (κ2) is 10.0. The molecule has 1 aromatic heterocycles. The van der Waals surface area contributed by atoms with E-state index in [4.69, 9.17) is 16.3 Å². The van der Waals surface area contributed by atoms with Gasteiger partial charge in [0.15, 0.2) is 5.82 Å². The number of likely N-dealkylation sites (tertiary alicyclic amines) is 1. The maximum atomic E-state index is 13.1. The van der Waals surface area contributed by atoms with Crippen molar-refractivity contribution in [1.82, 2.24) is 25.4 Å². The number of aryl methyl sites for hydroxylation is 1. The molecule has 3 aromatic rings. The number of carbonyl (C=O) groups excluding carboxylic acids is 2. The number of amides is 2. The first kappa shape index (κ1) is 22.8. The number of piperidine rings is 1. The summed E-state index contributed by atoms with van der Waals surface area (Å²) >= 11 is 6.08. The van der Waals surface area contributed by atoms with Crippen LogP contribution in [0.1, 0.15) is 46.5 Å². The quantitative estimate of drug-likeness (QED) is 0.577. The average Bonchev–Trinajstić information content (AvgIpc) is 3.28. The van der Waals surface area contributed by atoms with E-state index in [1.807, 2.05) is 37.3 Å². The van der Waals surface area contributed by atoms with Gasteiger partial charge in [-0.1, -0.05) is 41.9 Å². The normalized spacial score (nSPS) is 15.2. The molecule has 1 atom stereocenters. The standard InChI is InChI=1S/C24H26ClN5O3/c1-15-26-22(29-28-15)21(16-6-4-3-5-7-16)27-23(31)17-10-12-30(13-11-17)24(32)19-14-18(25)8-9-20(19)33-2/h3-9,14,17,21H,10-13H2,1-2H3,(H,27,31)(H,26,28,29). The second-order valence-electron chi connectivity index (χ2n) is 8.04. The van der Waals surface area contributed by atoms with Crippen LogP contribution in [0.4, 0.5) is 0 Å². The highest BCUT2D eigenvalue weighted by Gasteiger charge is 2.31. The molecule has 2 N–H and O–H groups in total. The van der Waals surface area contributed by atoms with E-state index in [1.54, 1.807) is 23.1 Å². The summed E-state index contributed by atoms with van der Waals surface area (Å²) in [6.45, 7) is 2.77. The summed E-state index contributed by atoms with van der Waals surface area (Å²) in [4.78, 5) is 32.3. The third-order valence-corrected chi connectivity index (χ3v) is 6.07. The first-order chi connectivity index (χ1) is 16.0. The minimum Gasteiger partial charge on any atom is -0.496 e. The zero-order valence-corrected chi connectivity index (χ0v) is 19.3. The lowest BCUT2D eigenvalue weighted by Crippen LogP contribution is -2.44. The van der Waals surface area contributed by atoms with E-state index in [0.29, 0.717) is 53.9 Å². The van der Waals surface area contributed by atoms with E-state index in [0.717, 1.165) is 5.56 Å². The average molecular weight is 468 g/mol. The fraction of sp³-hybridized carbons (Fsp3) is 0.333. The maximum Gasteiger partial charge on any atom is 0.257 e. The van der Waals surface area contributed by atoms with E-state index in [-0.39, 0.29) is 17.7 Å². The summed E-state index contributed by atoms with van der Waals surface area (Å²) in [6, 6.07) is 14.2. The lowest BCUT2D eigenvalue weighted by Gasteiger charge is -2.32. The van der Waals surface area contributed by atoms with Crippen LogP contribution in [-0.2, 0) is 4.79 Å². The highest BCUT2D eigenvalue weighted by molar-refractivity contribution is 6.31. The van der Waals surface area contributed by atoms with Gasteiger partial charge in [0.25, 0.3) is 5.91 Å². The fourth-order valence-electron chi connectivity index (χ4n) is 4.05. The van der Waals surface area contributed by atoms with Crippen LogP contribution >= 0.6 is 11.6 Å². The molecule has 1 aliphatic heterocycles. The fourth-order valence-corrected chi connectivity index (χ4v) is 4.23. The van der Waals surface area contributed by atoms with Gasteiger partial charge < -0.3 is 15.0 Å². The van der Waals surface area contributed by atoms with Crippen molar-refractivity contribution < 1.29 is 14.3 Å². The highest BCUT2D eigenvalue weighted by Crippen LogP contribution is 2.27. The number of benzene rings is 2. The van der Waals surface area contributed by atoms with Gasteiger partial charge in [0.2, 0.25) is 5.91 Å². The van der Waals surface area contributed by atoms with Crippen molar-refractivity contribution in [3.8, 4) is 5.75 Å². The van der Waals surface area contributed by atoms with Gasteiger partial charge >= 0.3 is 0 Å². The third kappa shape index (κ3) is 5.17. The van der Waals surface area contributed by atoms with Gasteiger partial charge in [-0.15, -0.1) is 0 Å². The first-order valence-corrected chi connectivity index (χ1v) is 11.2. The van der Waals surface area contributed by atoms with Gasteiger partial charge in [0.1, 0.15) is 17.6 Å². The number of rotatable bonds is 6. The largest absolute Gasteiger partial charge is 0.496 e. The molecule has 4 rings (SSSR count). The van der Waals surface area contributed by atoms with Crippen molar-refractivity contribution in [2.24, 2.45) is 5.92 Å². The van der Waals surface area contributed by atoms with Crippen molar-refractivity contribution in [1.29, 1.82) is 0 Å². The number of hydrogen-bond donors (Lipinski definition) is 2. The Labute approximate surface area is 197 Å². The molecule has 1 fully saturated rings. The molecule has 2 amide bonds. The summed E-state index contributed by atoms with van der Waals surface area (Å²) in [7, 11) is 1.52. The predicted octanol–water partition coefficient (Wildman–Crippen LogP) is 3.53. The first-order valence-electron chi connectivity index (χ1n) is 10.8. The lowest BCUT2D eigenvalue weighted by molar-refractivity contribution is -0.126. The molecule has 0 spiro atoms. The van der Waals surface area contributed by atoms with E-state index in [9.17, 15) is 9.59 Å². The number of aromatic amines is 1. The van der Waals surface area contributed by atoms with Crippen LogP contribution in [0, 0.1) is 12.8 Å². The smallest absolute Gasteiger partial charge is 0.257 e. The molecule has 0 radical (unpaired) electrons. The van der Waals surface area contributed by atoms with Crippen LogP contribution < -0.4 is 10.1 Å². The molecule has 0 bridgehead atoms. The molecule has 0 saturated carbocycles. The molecule has 8 nitrogen and oxygen atoms in total. The van der Waals surface area contributed by atoms with Crippen LogP contribution in [0.3, 0.4) is 0 Å². The van der Waals surface area contributed by atoms with Crippen LogP contribution in [0.25, 0.3) is 0 Å². The lowest BCUT2D eigenvalue weighted by atomic mass is 9.94. The Hall–Kier alpha value is -3.39. The van der Waals surface area contributed by atoms with E-state index < -0.39 is 6.04 Å². The number of aromatic nitrogens is 3. The molecule has 1 unspecified atom stereocenters. The second-order valence-corrected chi connectivity index (χ2v) is 8.48. The van der Waals surface area contributed by atoms with Gasteiger partial charge in [-0.3, -0.25) is 14.7 Å². The number of nitrogens with zero attached hydrogens (tertiary/aromatic N) is 3. The summed E-state index contributed by atoms with van der Waals surface area (Å²) in [5, 5.41) is 10.7. The summed E-state index contributed by atoms with van der Waals surface area (Å²) in [5.74, 6) is 1.26. The van der Waals surface area contributed by atoms with Crippen molar-refractivity contribution in [3.05, 3.63) is 76.3 Å². The zero-order chi connectivity index (χ0) is 23.4. The van der Waals surface area contributed by atoms with Crippen molar-refractivity contribution in [3.63, 3.8) is 0 Å². The molecule has 172 valence electrons. The Bertz CT molecular complexity index is 1130. The number of methoxy groups -OCH3 is 1. The van der Waals surface area contributed by atoms with Gasteiger partial charge in [-0.2, -0.15) is 5.10 Å². The van der Waals surface area contributed by atoms with Crippen LogP contribution in [0.2, 0.25) is 5.02 Å². The molecule has 2 heterocycles. The Morgan fingerprint density at radius 1 is 1.18 bits per heavy atom. The molecule has 1 aliphatic rings. The summed E-state index contributed by atoms with van der Waals surface area (Å²) in [5.41, 5.74) is 1.34. The predicted molar refractivity (Wildman–Crippen MR) is 124 cm³/mol. The molecule has 9 heteroatoms. The number of halogens is 1. The maximum absolute atomic E-state index is 13.1. The third-order valence-electron chi connectivity index (χ3n) is 5.84. The number of ether oxygens (including phenoxy) is 1. The molecule has 33 heavy (non-hydrogen) atoms. The van der Waals surface area contributed by atoms with Crippen molar-refractivity contribution >= 4 is 23.4 Å². The Morgan fingerprint density at radius 3 is 2.55 bits per heavy atom. The summed E-state index contributed by atoms with van der Waals surface area (Å²) in [6.07, 6.45) is 1.13. The molecule has 0 aliphatic carbocycles. The minimum atomic E-state index is -0.445. The number of hydrogen-bond acceptors (Lipinski definition) is 5. The van der Waals surface area contributed by atoms with Gasteiger partial charge in [0, 0.05) is 24.0 Å². The topological polar surface area (TPSA) is 100 Å². The molecular formula is C24H26ClN5O3. The molecule has 1 saturated heterocycles. The Morgan fingerprint density at radius 2 is 1.91 bits per heavy atom. The number of nitrogens with one attached hydrogen (secondary N) is 2. The Kier molecular flexibility index (Phi) is 6.93. The monoisotopic (exact) mass is 467 g/mol. The molecular weight excluding hydrogens is 442 g/mol. The van der Waals surface area contributed by atoms with E-state index >= 15 is 0 Å². The number of carbonyl (C=O) groups is 2. The highest BCUT2D eigenvalue weighted by atomic mass is 35.5. The Balaban J connectivity index is 1.42. The van der Waals surface area contributed by atoms with Crippen LogP contribution in [0.5, 0.6) is 5.75 Å². The van der Waals surface area contributed by atoms with Crippen molar-refractivity contribution in [2.75, 3.05) is 20.2 Å². The minimum absolute atomic E-state index is 0.0706. The van der Waals surface area contributed by atoms with Crippen LogP contribution in [0.15, 0.2) is 48.5 Å². The van der Waals surface area contributed by atoms with Crippen LogP contribution in [-0.4, -0.2) is 52.1 Å². The zero-order valence-electron chi connectivity index (χ0n) is 18.5. The van der Waals surface area contributed by atoms with E-state index in [2.05, 4.69) is 20.5 Å². The van der Waals surface area contributed by atoms with E-state index in [1.165, 1.54) is 7.11 Å². The SMILES string of the molecule is COc1ccc(Cl)cc1C(=O)N1CCC(C(=O)NC(c2ccccc2)c2n[nH]c(C)n2)CC1. The summed E-state index contributed by atoms with van der Waals surface area (Å²) < 4.78 is 5.32. The van der Waals surface area contributed by atoms with Gasteiger partial charge in [-0.25, -0.2) is 4.98 Å². The van der Waals surface area contributed by atoms with Gasteiger partial charge in [0.05, 0.1) is 12.7 Å². The van der Waals surface area contributed by atoms with Crippen molar-refractivity contribution in [2.45, 2.75) is 25.8 Å². The van der Waals surface area contributed by atoms with Gasteiger partial charge in [-0.05, 0) is 43.5 Å². The number of H-pyrrole nitrogens is 1.